The first-order valence-electron chi connectivity index (χ1n) is 7.27. The Morgan fingerprint density at radius 3 is 2.47 bits per heavy atom. The van der Waals surface area contributed by atoms with Gasteiger partial charge in [-0.15, -0.1) is 0 Å². The molecule has 0 aliphatic rings. The quantitative estimate of drug-likeness (QED) is 0.558. The van der Waals surface area contributed by atoms with Gasteiger partial charge in [-0.05, 0) is 18.8 Å². The van der Waals surface area contributed by atoms with Crippen LogP contribution in [0.2, 0.25) is 0 Å². The first-order valence-corrected chi connectivity index (χ1v) is 7.27. The van der Waals surface area contributed by atoms with Gasteiger partial charge in [-0.25, -0.2) is 4.98 Å². The molecule has 0 amide bonds. The molecule has 1 rings (SSSR count). The Morgan fingerprint density at radius 2 is 1.95 bits per heavy atom. The summed E-state index contributed by atoms with van der Waals surface area (Å²) in [5.74, 6) is 1.40. The lowest BCUT2D eigenvalue weighted by Crippen LogP contribution is -2.26. The molecule has 1 heterocycles. The van der Waals surface area contributed by atoms with Crippen molar-refractivity contribution in [2.24, 2.45) is 11.3 Å². The van der Waals surface area contributed by atoms with E-state index in [1.165, 1.54) is 12.8 Å². The van der Waals surface area contributed by atoms with Gasteiger partial charge in [0.2, 0.25) is 0 Å². The van der Waals surface area contributed by atoms with Crippen LogP contribution >= 0.6 is 0 Å². The minimum absolute atomic E-state index is 0.0507. The second kappa shape index (κ2) is 6.36. The Morgan fingerprint density at radius 1 is 1.32 bits per heavy atom. The highest BCUT2D eigenvalue weighted by Crippen LogP contribution is 2.29. The van der Waals surface area contributed by atoms with Crippen LogP contribution in [-0.2, 0) is 6.42 Å². The summed E-state index contributed by atoms with van der Waals surface area (Å²) >= 11 is 0. The van der Waals surface area contributed by atoms with Crippen LogP contribution in [0.5, 0.6) is 0 Å². The molecule has 0 radical (unpaired) electrons. The summed E-state index contributed by atoms with van der Waals surface area (Å²) in [5.41, 5.74) is 0.471. The first-order chi connectivity index (χ1) is 8.77. The van der Waals surface area contributed by atoms with E-state index in [1.54, 1.807) is 0 Å². The number of rotatable bonds is 6. The molecule has 0 N–H and O–H groups in total. The molecule has 0 aromatic carbocycles. The van der Waals surface area contributed by atoms with Crippen molar-refractivity contribution >= 4 is 5.78 Å². The molecule has 1 aromatic heterocycles. The summed E-state index contributed by atoms with van der Waals surface area (Å²) in [6, 6.07) is 0. The van der Waals surface area contributed by atoms with E-state index in [4.69, 9.17) is 4.42 Å². The smallest absolute Gasteiger partial charge is 0.195 e. The van der Waals surface area contributed by atoms with Crippen LogP contribution in [0.25, 0.3) is 0 Å². The lowest BCUT2D eigenvalue weighted by atomic mass is 9.78. The average Bonchev–Trinajstić information content (AvgIpc) is 2.68. The summed E-state index contributed by atoms with van der Waals surface area (Å²) < 4.78 is 5.61. The number of aromatic nitrogens is 1. The van der Waals surface area contributed by atoms with E-state index in [1.807, 2.05) is 13.8 Å². The first kappa shape index (κ1) is 15.9. The lowest BCUT2D eigenvalue weighted by molar-refractivity contribution is 0.0833. The van der Waals surface area contributed by atoms with Crippen molar-refractivity contribution in [1.82, 2.24) is 4.98 Å². The molecule has 108 valence electrons. The number of hydrogen-bond donors (Lipinski definition) is 0. The van der Waals surface area contributed by atoms with E-state index in [9.17, 15) is 4.79 Å². The van der Waals surface area contributed by atoms with Gasteiger partial charge in [0.15, 0.2) is 11.7 Å². The van der Waals surface area contributed by atoms with E-state index in [0.29, 0.717) is 17.3 Å². The Bertz CT molecular complexity index is 426. The molecule has 0 spiro atoms. The number of unbranched alkanes of at least 4 members (excludes halogenated alkanes) is 2. The van der Waals surface area contributed by atoms with Gasteiger partial charge in [0, 0.05) is 12.3 Å². The van der Waals surface area contributed by atoms with Gasteiger partial charge in [0.1, 0.15) is 11.5 Å². The largest absolute Gasteiger partial charge is 0.445 e. The Balaban J connectivity index is 2.81. The molecule has 0 fully saturated rings. The maximum Gasteiger partial charge on any atom is 0.195 e. The minimum Gasteiger partial charge on any atom is -0.445 e. The zero-order valence-corrected chi connectivity index (χ0v) is 13.2. The highest BCUT2D eigenvalue weighted by atomic mass is 16.4. The predicted molar refractivity (Wildman–Crippen MR) is 77.4 cm³/mol. The van der Waals surface area contributed by atoms with Crippen molar-refractivity contribution in [1.29, 1.82) is 0 Å². The molecule has 0 saturated carbocycles. The van der Waals surface area contributed by atoms with E-state index in [-0.39, 0.29) is 17.1 Å². The van der Waals surface area contributed by atoms with Gasteiger partial charge in [0.05, 0.1) is 0 Å². The van der Waals surface area contributed by atoms with Gasteiger partial charge in [-0.3, -0.25) is 4.79 Å². The molecule has 19 heavy (non-hydrogen) atoms. The monoisotopic (exact) mass is 265 g/mol. The third-order valence-electron chi connectivity index (χ3n) is 3.76. The van der Waals surface area contributed by atoms with Crippen molar-refractivity contribution in [3.8, 4) is 0 Å². The summed E-state index contributed by atoms with van der Waals surface area (Å²) in [7, 11) is 0. The standard InChI is InChI=1S/C16H27NO2/c1-7-8-9-10-13-17-14(12(3)19-13)15(18)11(2)16(4,5)6/h11H,7-10H2,1-6H3. The number of ketones is 1. The Hall–Kier alpha value is -1.12. The van der Waals surface area contributed by atoms with Crippen molar-refractivity contribution in [3.63, 3.8) is 0 Å². The predicted octanol–water partition coefficient (Wildman–Crippen LogP) is 4.58. The molecular formula is C16H27NO2. The summed E-state index contributed by atoms with van der Waals surface area (Å²) in [5, 5.41) is 0. The van der Waals surface area contributed by atoms with Gasteiger partial charge in [-0.1, -0.05) is 47.5 Å². The molecular weight excluding hydrogens is 238 g/mol. The fourth-order valence-electron chi connectivity index (χ4n) is 1.91. The van der Waals surface area contributed by atoms with E-state index in [0.717, 1.165) is 12.8 Å². The number of nitrogens with zero attached hydrogens (tertiary/aromatic N) is 1. The van der Waals surface area contributed by atoms with Crippen molar-refractivity contribution in [2.75, 3.05) is 0 Å². The van der Waals surface area contributed by atoms with E-state index >= 15 is 0 Å². The maximum atomic E-state index is 12.4. The number of Topliss-reactive ketones (excluding diaryl/α,β-unsaturated/α-hetero) is 1. The van der Waals surface area contributed by atoms with Gasteiger partial charge >= 0.3 is 0 Å². The molecule has 0 aliphatic carbocycles. The maximum absolute atomic E-state index is 12.4. The number of oxazole rings is 1. The summed E-state index contributed by atoms with van der Waals surface area (Å²) in [6.07, 6.45) is 4.24. The fraction of sp³-hybridized carbons (Fsp3) is 0.750. The van der Waals surface area contributed by atoms with Crippen LogP contribution in [0.1, 0.15) is 76.0 Å². The molecule has 3 heteroatoms. The molecule has 0 saturated heterocycles. The number of aryl methyl sites for hydroxylation is 2. The van der Waals surface area contributed by atoms with Crippen molar-refractivity contribution in [2.45, 2.75) is 67.2 Å². The van der Waals surface area contributed by atoms with Crippen LogP contribution in [0, 0.1) is 18.3 Å². The third-order valence-corrected chi connectivity index (χ3v) is 3.76. The molecule has 1 aromatic rings. The highest BCUT2D eigenvalue weighted by Gasteiger charge is 2.30. The van der Waals surface area contributed by atoms with Crippen LogP contribution in [0.4, 0.5) is 0 Å². The zero-order valence-electron chi connectivity index (χ0n) is 13.2. The van der Waals surface area contributed by atoms with Gasteiger partial charge in [0.25, 0.3) is 0 Å². The van der Waals surface area contributed by atoms with E-state index in [2.05, 4.69) is 32.7 Å². The molecule has 1 atom stereocenters. The molecule has 0 bridgehead atoms. The molecule has 3 nitrogen and oxygen atoms in total. The second-order valence-electron chi connectivity index (χ2n) is 6.42. The Labute approximate surface area is 116 Å². The molecule has 1 unspecified atom stereocenters. The average molecular weight is 265 g/mol. The SMILES string of the molecule is CCCCCc1nc(C(=O)C(C)C(C)(C)C)c(C)o1. The van der Waals surface area contributed by atoms with Gasteiger partial charge < -0.3 is 4.42 Å². The van der Waals surface area contributed by atoms with Crippen LogP contribution < -0.4 is 0 Å². The van der Waals surface area contributed by atoms with Crippen LogP contribution in [0.3, 0.4) is 0 Å². The fourth-order valence-corrected chi connectivity index (χ4v) is 1.91. The van der Waals surface area contributed by atoms with Gasteiger partial charge in [-0.2, -0.15) is 0 Å². The summed E-state index contributed by atoms with van der Waals surface area (Å²) in [6.45, 7) is 12.2. The van der Waals surface area contributed by atoms with Crippen molar-refractivity contribution in [3.05, 3.63) is 17.3 Å². The Kier molecular flexibility index (Phi) is 5.33. The van der Waals surface area contributed by atoms with E-state index < -0.39 is 0 Å². The molecule has 0 aliphatic heterocycles. The zero-order chi connectivity index (χ0) is 14.6. The van der Waals surface area contributed by atoms with Crippen LogP contribution in [-0.4, -0.2) is 10.8 Å². The van der Waals surface area contributed by atoms with Crippen molar-refractivity contribution < 1.29 is 9.21 Å². The van der Waals surface area contributed by atoms with Crippen LogP contribution in [0.15, 0.2) is 4.42 Å². The third kappa shape index (κ3) is 4.19. The normalized spacial score (nSPS) is 13.6. The topological polar surface area (TPSA) is 43.1 Å². The minimum atomic E-state index is -0.0557. The number of hydrogen-bond acceptors (Lipinski definition) is 3. The summed E-state index contributed by atoms with van der Waals surface area (Å²) in [4.78, 5) is 16.8. The number of carbonyl (C=O) groups is 1. The second-order valence-corrected chi connectivity index (χ2v) is 6.42. The lowest BCUT2D eigenvalue weighted by Gasteiger charge is -2.25. The number of carbonyl (C=O) groups excluding carboxylic acids is 1. The highest BCUT2D eigenvalue weighted by molar-refractivity contribution is 5.97.